The molecule has 1 aromatic heterocycles. The van der Waals surface area contributed by atoms with Crippen molar-refractivity contribution in [2.75, 3.05) is 5.32 Å². The van der Waals surface area contributed by atoms with Crippen molar-refractivity contribution in [2.45, 2.75) is 0 Å². The fourth-order valence-corrected chi connectivity index (χ4v) is 1.30. The molecular weight excluding hydrogens is 240 g/mol. The molecule has 86 valence electrons. The standard InChI is InChI=1S/C9H8N6OS/c16-7(6-4-2-1-3-5-6)10-9(17)11-8-12-14-15-13-8/h1-5H,(H3,10,11,12,13,14,15,16,17). The number of anilines is 1. The maximum Gasteiger partial charge on any atom is 0.269 e. The van der Waals surface area contributed by atoms with E-state index >= 15 is 0 Å². The third-order valence-corrected chi connectivity index (χ3v) is 2.04. The van der Waals surface area contributed by atoms with Crippen LogP contribution >= 0.6 is 12.2 Å². The summed E-state index contributed by atoms with van der Waals surface area (Å²) in [7, 11) is 0. The second-order valence-corrected chi connectivity index (χ2v) is 3.42. The van der Waals surface area contributed by atoms with Crippen LogP contribution < -0.4 is 10.6 Å². The first-order valence-electron chi connectivity index (χ1n) is 4.66. The maximum atomic E-state index is 11.7. The Hall–Kier alpha value is -2.35. The number of nitrogens with one attached hydrogen (secondary N) is 3. The Labute approximate surface area is 102 Å². The van der Waals surface area contributed by atoms with Crippen molar-refractivity contribution in [2.24, 2.45) is 0 Å². The van der Waals surface area contributed by atoms with Crippen molar-refractivity contribution in [3.8, 4) is 0 Å². The number of hydrogen-bond acceptors (Lipinski definition) is 5. The van der Waals surface area contributed by atoms with Crippen LogP contribution in [-0.2, 0) is 0 Å². The second-order valence-electron chi connectivity index (χ2n) is 3.01. The molecule has 0 aliphatic rings. The normalized spacial score (nSPS) is 9.65. The molecule has 0 saturated carbocycles. The summed E-state index contributed by atoms with van der Waals surface area (Å²) in [6.07, 6.45) is 0. The van der Waals surface area contributed by atoms with E-state index in [0.29, 0.717) is 5.56 Å². The number of carbonyl (C=O) groups excluding carboxylic acids is 1. The second kappa shape index (κ2) is 5.12. The van der Waals surface area contributed by atoms with Crippen LogP contribution in [0.15, 0.2) is 30.3 Å². The summed E-state index contributed by atoms with van der Waals surface area (Å²) in [5.41, 5.74) is 0.518. The van der Waals surface area contributed by atoms with Crippen LogP contribution in [0.4, 0.5) is 5.95 Å². The van der Waals surface area contributed by atoms with Crippen LogP contribution in [0, 0.1) is 0 Å². The number of carbonyl (C=O) groups is 1. The SMILES string of the molecule is O=C(NC(=S)Nc1nn[nH]n1)c1ccccc1. The van der Waals surface area contributed by atoms with Gasteiger partial charge in [0.2, 0.25) is 0 Å². The van der Waals surface area contributed by atoms with Crippen molar-refractivity contribution in [1.29, 1.82) is 0 Å². The van der Waals surface area contributed by atoms with Crippen LogP contribution in [0.1, 0.15) is 10.4 Å². The first-order chi connectivity index (χ1) is 8.25. The van der Waals surface area contributed by atoms with Gasteiger partial charge in [0.1, 0.15) is 0 Å². The molecule has 2 aromatic rings. The molecular formula is C9H8N6OS. The molecule has 0 atom stereocenters. The Kier molecular flexibility index (Phi) is 3.36. The fraction of sp³-hybridized carbons (Fsp3) is 0. The van der Waals surface area contributed by atoms with E-state index in [4.69, 9.17) is 12.2 Å². The predicted molar refractivity (Wildman–Crippen MR) is 64.3 cm³/mol. The highest BCUT2D eigenvalue weighted by Crippen LogP contribution is 1.98. The van der Waals surface area contributed by atoms with Gasteiger partial charge in [0.15, 0.2) is 5.11 Å². The lowest BCUT2D eigenvalue weighted by atomic mass is 10.2. The summed E-state index contributed by atoms with van der Waals surface area (Å²) >= 11 is 4.91. The van der Waals surface area contributed by atoms with E-state index in [9.17, 15) is 4.79 Å². The van der Waals surface area contributed by atoms with Crippen LogP contribution in [0.2, 0.25) is 0 Å². The van der Waals surface area contributed by atoms with Crippen LogP contribution in [0.3, 0.4) is 0 Å². The van der Waals surface area contributed by atoms with Gasteiger partial charge in [-0.1, -0.05) is 23.3 Å². The molecule has 8 heteroatoms. The number of thiocarbonyl (C=S) groups is 1. The third kappa shape index (κ3) is 3.05. The number of rotatable bonds is 2. The summed E-state index contributed by atoms with van der Waals surface area (Å²) in [6, 6.07) is 8.74. The molecule has 0 unspecified atom stereocenters. The highest BCUT2D eigenvalue weighted by molar-refractivity contribution is 7.80. The number of amides is 1. The van der Waals surface area contributed by atoms with Gasteiger partial charge in [-0.05, 0) is 29.6 Å². The van der Waals surface area contributed by atoms with Gasteiger partial charge in [0, 0.05) is 5.56 Å². The number of aromatic nitrogens is 4. The molecule has 7 nitrogen and oxygen atoms in total. The maximum absolute atomic E-state index is 11.7. The fourth-order valence-electron chi connectivity index (χ4n) is 1.11. The molecule has 0 fully saturated rings. The average Bonchev–Trinajstić information content (AvgIpc) is 2.82. The minimum atomic E-state index is -0.299. The topological polar surface area (TPSA) is 95.6 Å². The summed E-state index contributed by atoms with van der Waals surface area (Å²) in [6.45, 7) is 0. The van der Waals surface area contributed by atoms with E-state index in [-0.39, 0.29) is 17.0 Å². The molecule has 1 amide bonds. The van der Waals surface area contributed by atoms with Crippen molar-refractivity contribution in [3.63, 3.8) is 0 Å². The van der Waals surface area contributed by atoms with E-state index in [1.54, 1.807) is 24.3 Å². The highest BCUT2D eigenvalue weighted by Gasteiger charge is 2.08. The van der Waals surface area contributed by atoms with Crippen molar-refractivity contribution in [3.05, 3.63) is 35.9 Å². The molecule has 0 bridgehead atoms. The number of nitrogens with zero attached hydrogens (tertiary/aromatic N) is 3. The molecule has 3 N–H and O–H groups in total. The molecule has 17 heavy (non-hydrogen) atoms. The van der Waals surface area contributed by atoms with E-state index in [1.807, 2.05) is 6.07 Å². The van der Waals surface area contributed by atoms with Gasteiger partial charge in [-0.3, -0.25) is 15.4 Å². The molecule has 0 radical (unpaired) electrons. The monoisotopic (exact) mass is 248 g/mol. The molecule has 2 rings (SSSR count). The number of tetrazole rings is 1. The number of aromatic amines is 1. The largest absolute Gasteiger partial charge is 0.299 e. The Morgan fingerprint density at radius 2 is 2.06 bits per heavy atom. The zero-order chi connectivity index (χ0) is 12.1. The van der Waals surface area contributed by atoms with E-state index in [2.05, 4.69) is 31.3 Å². The van der Waals surface area contributed by atoms with Gasteiger partial charge in [0.25, 0.3) is 11.9 Å². The lowest BCUT2D eigenvalue weighted by Crippen LogP contribution is -2.34. The lowest BCUT2D eigenvalue weighted by molar-refractivity contribution is 0.0978. The summed E-state index contributed by atoms with van der Waals surface area (Å²) in [5.74, 6) is -0.102. The predicted octanol–water partition coefficient (Wildman–Crippen LogP) is 0.326. The zero-order valence-corrected chi connectivity index (χ0v) is 9.36. The smallest absolute Gasteiger partial charge is 0.269 e. The Bertz CT molecular complexity index is 512. The van der Waals surface area contributed by atoms with Crippen LogP contribution in [0.25, 0.3) is 0 Å². The average molecular weight is 248 g/mol. The number of hydrogen-bond donors (Lipinski definition) is 3. The molecule has 1 aromatic carbocycles. The Morgan fingerprint density at radius 3 is 2.71 bits per heavy atom. The Morgan fingerprint density at radius 1 is 1.29 bits per heavy atom. The van der Waals surface area contributed by atoms with Gasteiger partial charge in [-0.25, -0.2) is 0 Å². The van der Waals surface area contributed by atoms with Gasteiger partial charge in [0.05, 0.1) is 0 Å². The lowest BCUT2D eigenvalue weighted by Gasteiger charge is -2.05. The number of benzene rings is 1. The van der Waals surface area contributed by atoms with Crippen LogP contribution in [0.5, 0.6) is 0 Å². The molecule has 0 aliphatic heterocycles. The minimum Gasteiger partial charge on any atom is -0.299 e. The van der Waals surface area contributed by atoms with E-state index in [0.717, 1.165) is 0 Å². The number of H-pyrrole nitrogens is 1. The Balaban J connectivity index is 1.93. The summed E-state index contributed by atoms with van der Waals surface area (Å²) in [5, 5.41) is 18.1. The van der Waals surface area contributed by atoms with Crippen molar-refractivity contribution >= 4 is 29.2 Å². The highest BCUT2D eigenvalue weighted by atomic mass is 32.1. The van der Waals surface area contributed by atoms with Gasteiger partial charge < -0.3 is 0 Å². The molecule has 1 heterocycles. The summed E-state index contributed by atoms with van der Waals surface area (Å²) < 4.78 is 0. The van der Waals surface area contributed by atoms with E-state index in [1.165, 1.54) is 0 Å². The minimum absolute atomic E-state index is 0.111. The first-order valence-corrected chi connectivity index (χ1v) is 5.07. The zero-order valence-electron chi connectivity index (χ0n) is 8.54. The molecule has 0 saturated heterocycles. The van der Waals surface area contributed by atoms with Gasteiger partial charge in [-0.15, -0.1) is 5.10 Å². The first kappa shape index (κ1) is 11.1. The van der Waals surface area contributed by atoms with Crippen molar-refractivity contribution in [1.82, 2.24) is 25.9 Å². The molecule has 0 spiro atoms. The third-order valence-electron chi connectivity index (χ3n) is 1.83. The summed E-state index contributed by atoms with van der Waals surface area (Å²) in [4.78, 5) is 11.7. The van der Waals surface area contributed by atoms with Crippen LogP contribution in [-0.4, -0.2) is 31.6 Å². The van der Waals surface area contributed by atoms with Gasteiger partial charge >= 0.3 is 0 Å². The molecule has 0 aliphatic carbocycles. The van der Waals surface area contributed by atoms with E-state index < -0.39 is 0 Å². The van der Waals surface area contributed by atoms with Gasteiger partial charge in [-0.2, -0.15) is 5.21 Å². The quantitative estimate of drug-likeness (QED) is 0.663. The van der Waals surface area contributed by atoms with Crippen molar-refractivity contribution < 1.29 is 4.79 Å².